The summed E-state index contributed by atoms with van der Waals surface area (Å²) in [5, 5.41) is 3.06. The maximum atomic E-state index is 12.6. The van der Waals surface area contributed by atoms with Crippen LogP contribution in [0.3, 0.4) is 0 Å². The summed E-state index contributed by atoms with van der Waals surface area (Å²) in [7, 11) is 1.58. The SMILES string of the molecule is COc1ccc(NC(=O)CSc2nccn(-c3ccc(C)cc3)c2=O)cc1. The third kappa shape index (κ3) is 4.77. The van der Waals surface area contributed by atoms with E-state index in [1.807, 2.05) is 31.2 Å². The summed E-state index contributed by atoms with van der Waals surface area (Å²) in [5.74, 6) is 0.594. The van der Waals surface area contributed by atoms with Crippen LogP contribution in [0.25, 0.3) is 5.69 Å². The van der Waals surface area contributed by atoms with Crippen LogP contribution in [0, 0.1) is 6.92 Å². The second-order valence-electron chi connectivity index (χ2n) is 5.81. The summed E-state index contributed by atoms with van der Waals surface area (Å²) in [6, 6.07) is 14.7. The Morgan fingerprint density at radius 2 is 1.85 bits per heavy atom. The second kappa shape index (κ2) is 8.55. The molecule has 0 atom stereocenters. The quantitative estimate of drug-likeness (QED) is 0.664. The lowest BCUT2D eigenvalue weighted by molar-refractivity contribution is -0.113. The Morgan fingerprint density at radius 3 is 2.52 bits per heavy atom. The van der Waals surface area contributed by atoms with Gasteiger partial charge in [0.1, 0.15) is 5.75 Å². The number of hydrogen-bond acceptors (Lipinski definition) is 5. The van der Waals surface area contributed by atoms with Crippen LogP contribution in [0.5, 0.6) is 5.75 Å². The number of amides is 1. The molecule has 1 amide bonds. The molecule has 1 N–H and O–H groups in total. The largest absolute Gasteiger partial charge is 0.497 e. The van der Waals surface area contributed by atoms with Crippen LogP contribution >= 0.6 is 11.8 Å². The van der Waals surface area contributed by atoms with Crippen molar-refractivity contribution in [1.82, 2.24) is 9.55 Å². The molecular weight excluding hydrogens is 362 g/mol. The summed E-state index contributed by atoms with van der Waals surface area (Å²) >= 11 is 1.11. The summed E-state index contributed by atoms with van der Waals surface area (Å²) in [6.07, 6.45) is 3.18. The molecule has 3 aromatic rings. The zero-order chi connectivity index (χ0) is 19.2. The Morgan fingerprint density at radius 1 is 1.15 bits per heavy atom. The molecule has 138 valence electrons. The number of aromatic nitrogens is 2. The lowest BCUT2D eigenvalue weighted by Crippen LogP contribution is -2.22. The third-order valence-electron chi connectivity index (χ3n) is 3.84. The number of anilines is 1. The fourth-order valence-electron chi connectivity index (χ4n) is 2.41. The van der Waals surface area contributed by atoms with E-state index in [-0.39, 0.29) is 22.2 Å². The van der Waals surface area contributed by atoms with Gasteiger partial charge in [-0.25, -0.2) is 4.98 Å². The van der Waals surface area contributed by atoms with Gasteiger partial charge in [0.25, 0.3) is 5.56 Å². The molecule has 0 bridgehead atoms. The first kappa shape index (κ1) is 18.7. The van der Waals surface area contributed by atoms with Gasteiger partial charge in [-0.1, -0.05) is 29.5 Å². The average Bonchev–Trinajstić information content (AvgIpc) is 2.68. The third-order valence-corrected chi connectivity index (χ3v) is 4.80. The molecule has 0 fully saturated rings. The molecule has 0 aliphatic rings. The van der Waals surface area contributed by atoms with E-state index < -0.39 is 0 Å². The van der Waals surface area contributed by atoms with Crippen LogP contribution in [0.15, 0.2) is 70.7 Å². The maximum Gasteiger partial charge on any atom is 0.287 e. The Kier molecular flexibility index (Phi) is 5.93. The molecule has 0 saturated carbocycles. The van der Waals surface area contributed by atoms with Gasteiger partial charge < -0.3 is 10.1 Å². The van der Waals surface area contributed by atoms with E-state index in [0.29, 0.717) is 11.4 Å². The molecular formula is C20H19N3O3S. The van der Waals surface area contributed by atoms with Gasteiger partial charge in [0.15, 0.2) is 5.03 Å². The lowest BCUT2D eigenvalue weighted by Gasteiger charge is -2.08. The minimum Gasteiger partial charge on any atom is -0.497 e. The average molecular weight is 381 g/mol. The molecule has 27 heavy (non-hydrogen) atoms. The highest BCUT2D eigenvalue weighted by molar-refractivity contribution is 7.99. The van der Waals surface area contributed by atoms with Crippen molar-refractivity contribution in [2.75, 3.05) is 18.2 Å². The minimum absolute atomic E-state index is 0.0895. The highest BCUT2D eigenvalue weighted by Crippen LogP contribution is 2.17. The maximum absolute atomic E-state index is 12.6. The number of hydrogen-bond donors (Lipinski definition) is 1. The van der Waals surface area contributed by atoms with Gasteiger partial charge in [0.2, 0.25) is 5.91 Å². The van der Waals surface area contributed by atoms with Gasteiger partial charge in [-0.3, -0.25) is 14.2 Å². The Labute approximate surface area is 161 Å². The molecule has 0 radical (unpaired) electrons. The molecule has 0 spiro atoms. The van der Waals surface area contributed by atoms with E-state index in [1.54, 1.807) is 43.8 Å². The molecule has 0 saturated heterocycles. The first-order chi connectivity index (χ1) is 13.1. The monoisotopic (exact) mass is 381 g/mol. The summed E-state index contributed by atoms with van der Waals surface area (Å²) in [4.78, 5) is 28.9. The number of benzene rings is 2. The number of methoxy groups -OCH3 is 1. The van der Waals surface area contributed by atoms with Crippen molar-refractivity contribution in [3.8, 4) is 11.4 Å². The molecule has 0 aliphatic carbocycles. The number of rotatable bonds is 6. The molecule has 2 aromatic carbocycles. The van der Waals surface area contributed by atoms with Gasteiger partial charge in [-0.2, -0.15) is 0 Å². The summed E-state index contributed by atoms with van der Waals surface area (Å²) in [5.41, 5.74) is 2.30. The van der Waals surface area contributed by atoms with E-state index in [4.69, 9.17) is 4.74 Å². The van der Waals surface area contributed by atoms with Crippen LogP contribution in [0.4, 0.5) is 5.69 Å². The lowest BCUT2D eigenvalue weighted by atomic mass is 10.2. The predicted molar refractivity (Wildman–Crippen MR) is 107 cm³/mol. The van der Waals surface area contributed by atoms with Crippen molar-refractivity contribution < 1.29 is 9.53 Å². The van der Waals surface area contributed by atoms with Crippen LogP contribution in [-0.2, 0) is 4.79 Å². The number of carbonyl (C=O) groups excluding carboxylic acids is 1. The van der Waals surface area contributed by atoms with E-state index in [0.717, 1.165) is 23.0 Å². The van der Waals surface area contributed by atoms with Gasteiger partial charge in [0, 0.05) is 23.8 Å². The number of thioether (sulfide) groups is 1. The van der Waals surface area contributed by atoms with Gasteiger partial charge in [0.05, 0.1) is 12.9 Å². The zero-order valence-electron chi connectivity index (χ0n) is 15.0. The highest BCUT2D eigenvalue weighted by atomic mass is 32.2. The Bertz CT molecular complexity index is 983. The normalized spacial score (nSPS) is 10.4. The Balaban J connectivity index is 1.67. The van der Waals surface area contributed by atoms with Gasteiger partial charge >= 0.3 is 0 Å². The van der Waals surface area contributed by atoms with Crippen molar-refractivity contribution in [2.45, 2.75) is 11.9 Å². The van der Waals surface area contributed by atoms with Gasteiger partial charge in [-0.05, 0) is 43.3 Å². The molecule has 0 unspecified atom stereocenters. The van der Waals surface area contributed by atoms with E-state index in [1.165, 1.54) is 4.57 Å². The number of aryl methyl sites for hydroxylation is 1. The second-order valence-corrected chi connectivity index (χ2v) is 6.77. The fraction of sp³-hybridized carbons (Fsp3) is 0.150. The van der Waals surface area contributed by atoms with Crippen LogP contribution in [0.1, 0.15) is 5.56 Å². The highest BCUT2D eigenvalue weighted by Gasteiger charge is 2.10. The van der Waals surface area contributed by atoms with E-state index >= 15 is 0 Å². The van der Waals surface area contributed by atoms with Crippen molar-refractivity contribution in [3.05, 3.63) is 76.8 Å². The predicted octanol–water partition coefficient (Wildman–Crippen LogP) is 3.28. The number of carbonyl (C=O) groups is 1. The van der Waals surface area contributed by atoms with E-state index in [2.05, 4.69) is 10.3 Å². The van der Waals surface area contributed by atoms with Crippen LogP contribution < -0.4 is 15.6 Å². The molecule has 6 nitrogen and oxygen atoms in total. The molecule has 1 heterocycles. The molecule has 7 heteroatoms. The first-order valence-corrected chi connectivity index (χ1v) is 9.27. The van der Waals surface area contributed by atoms with Gasteiger partial charge in [-0.15, -0.1) is 0 Å². The summed E-state index contributed by atoms with van der Waals surface area (Å²) in [6.45, 7) is 1.99. The molecule has 0 aliphatic heterocycles. The smallest absolute Gasteiger partial charge is 0.287 e. The zero-order valence-corrected chi connectivity index (χ0v) is 15.8. The number of ether oxygens (including phenoxy) is 1. The van der Waals surface area contributed by atoms with Crippen molar-refractivity contribution in [1.29, 1.82) is 0 Å². The molecule has 1 aromatic heterocycles. The number of nitrogens with one attached hydrogen (secondary N) is 1. The topological polar surface area (TPSA) is 73.2 Å². The van der Waals surface area contributed by atoms with Crippen molar-refractivity contribution in [2.24, 2.45) is 0 Å². The number of nitrogens with zero attached hydrogens (tertiary/aromatic N) is 2. The van der Waals surface area contributed by atoms with E-state index in [9.17, 15) is 9.59 Å². The molecule has 3 rings (SSSR count). The van der Waals surface area contributed by atoms with Crippen LogP contribution in [0.2, 0.25) is 0 Å². The fourth-order valence-corrected chi connectivity index (χ4v) is 3.10. The summed E-state index contributed by atoms with van der Waals surface area (Å²) < 4.78 is 6.61. The Hall–Kier alpha value is -3.06. The minimum atomic E-state index is -0.247. The first-order valence-electron chi connectivity index (χ1n) is 8.28. The standard InChI is InChI=1S/C20H19N3O3S/c1-14-3-7-16(8-4-14)23-12-11-21-19(20(23)25)27-13-18(24)22-15-5-9-17(26-2)10-6-15/h3-12H,13H2,1-2H3,(H,22,24). The van der Waals surface area contributed by atoms with Crippen molar-refractivity contribution >= 4 is 23.4 Å². The van der Waals surface area contributed by atoms with Crippen molar-refractivity contribution in [3.63, 3.8) is 0 Å². The van der Waals surface area contributed by atoms with Crippen LogP contribution in [-0.4, -0.2) is 28.3 Å².